The smallest absolute Gasteiger partial charge is 0.211 e. The topological polar surface area (TPSA) is 61.2 Å². The second-order valence-electron chi connectivity index (χ2n) is 6.96. The zero-order chi connectivity index (χ0) is 17.0. The molecule has 0 aliphatic rings. The third-order valence-electron chi connectivity index (χ3n) is 3.75. The number of aldehydes is 1. The molecule has 0 saturated carbocycles. The number of hydrogen-bond acceptors (Lipinski definition) is 4. The molecule has 2 aromatic rings. The Morgan fingerprint density at radius 3 is 2.70 bits per heavy atom. The van der Waals surface area contributed by atoms with Gasteiger partial charge in [-0.1, -0.05) is 31.8 Å². The number of carbonyl (C=O) groups excluding carboxylic acids is 1. The Bertz CT molecular complexity index is 763. The SMILES string of the molecule is Cc1cccc2c1c(=O)c(CC=O)nn2COCC[Si](C)(C)C. The second kappa shape index (κ2) is 7.19. The first-order valence-electron chi connectivity index (χ1n) is 7.84. The molecular weight excluding hydrogens is 308 g/mol. The van der Waals surface area contributed by atoms with Crippen LogP contribution in [0.15, 0.2) is 23.0 Å². The van der Waals surface area contributed by atoms with E-state index in [-0.39, 0.29) is 24.3 Å². The van der Waals surface area contributed by atoms with Gasteiger partial charge in [0.15, 0.2) is 0 Å². The summed E-state index contributed by atoms with van der Waals surface area (Å²) in [5, 5.41) is 4.94. The number of fused-ring (bicyclic) bond motifs is 1. The fourth-order valence-corrected chi connectivity index (χ4v) is 3.15. The van der Waals surface area contributed by atoms with Crippen molar-refractivity contribution >= 4 is 25.3 Å². The number of ether oxygens (including phenoxy) is 1. The lowest BCUT2D eigenvalue weighted by atomic mass is 10.1. The molecule has 0 amide bonds. The van der Waals surface area contributed by atoms with E-state index < -0.39 is 8.07 Å². The molecule has 0 radical (unpaired) electrons. The van der Waals surface area contributed by atoms with Crippen molar-refractivity contribution in [3.8, 4) is 0 Å². The van der Waals surface area contributed by atoms with Crippen LogP contribution in [0.3, 0.4) is 0 Å². The highest BCUT2D eigenvalue weighted by Crippen LogP contribution is 2.15. The average Bonchev–Trinajstić information content (AvgIpc) is 2.47. The van der Waals surface area contributed by atoms with Crippen molar-refractivity contribution < 1.29 is 9.53 Å². The predicted octanol–water partition coefficient (Wildman–Crippen LogP) is 2.76. The molecule has 2 rings (SSSR count). The second-order valence-corrected chi connectivity index (χ2v) is 12.6. The largest absolute Gasteiger partial charge is 0.360 e. The van der Waals surface area contributed by atoms with Gasteiger partial charge in [-0.2, -0.15) is 5.10 Å². The highest BCUT2D eigenvalue weighted by molar-refractivity contribution is 6.76. The summed E-state index contributed by atoms with van der Waals surface area (Å²) in [5.41, 5.74) is 1.75. The molecule has 0 saturated heterocycles. The van der Waals surface area contributed by atoms with Gasteiger partial charge in [0.2, 0.25) is 5.43 Å². The summed E-state index contributed by atoms with van der Waals surface area (Å²) < 4.78 is 7.45. The van der Waals surface area contributed by atoms with Crippen molar-refractivity contribution in [2.24, 2.45) is 0 Å². The van der Waals surface area contributed by atoms with Crippen LogP contribution in [0.1, 0.15) is 11.3 Å². The first kappa shape index (κ1) is 17.6. The van der Waals surface area contributed by atoms with Gasteiger partial charge in [-0.05, 0) is 24.6 Å². The van der Waals surface area contributed by atoms with E-state index in [4.69, 9.17) is 4.74 Å². The number of nitrogens with zero attached hydrogens (tertiary/aromatic N) is 2. The number of rotatable bonds is 7. The van der Waals surface area contributed by atoms with Crippen molar-refractivity contribution in [1.29, 1.82) is 0 Å². The van der Waals surface area contributed by atoms with E-state index in [2.05, 4.69) is 24.7 Å². The highest BCUT2D eigenvalue weighted by Gasteiger charge is 2.14. The van der Waals surface area contributed by atoms with Crippen LogP contribution in [0, 0.1) is 6.92 Å². The Balaban J connectivity index is 2.35. The van der Waals surface area contributed by atoms with Crippen LogP contribution in [-0.2, 0) is 22.7 Å². The van der Waals surface area contributed by atoms with Crippen LogP contribution >= 0.6 is 0 Å². The van der Waals surface area contributed by atoms with Gasteiger partial charge in [-0.15, -0.1) is 0 Å². The molecular formula is C17H24N2O3Si. The molecule has 0 bridgehead atoms. The van der Waals surface area contributed by atoms with Crippen LogP contribution in [0.2, 0.25) is 25.7 Å². The molecule has 6 heteroatoms. The van der Waals surface area contributed by atoms with Gasteiger partial charge in [-0.3, -0.25) is 4.79 Å². The molecule has 1 aromatic heterocycles. The zero-order valence-corrected chi connectivity index (χ0v) is 15.3. The van der Waals surface area contributed by atoms with Gasteiger partial charge in [-0.25, -0.2) is 4.68 Å². The molecule has 5 nitrogen and oxygen atoms in total. The van der Waals surface area contributed by atoms with E-state index in [0.717, 1.165) is 17.1 Å². The number of carbonyl (C=O) groups is 1. The van der Waals surface area contributed by atoms with Crippen molar-refractivity contribution in [1.82, 2.24) is 9.78 Å². The lowest BCUT2D eigenvalue weighted by Crippen LogP contribution is -2.24. The number of hydrogen-bond donors (Lipinski definition) is 0. The van der Waals surface area contributed by atoms with Crippen LogP contribution < -0.4 is 5.43 Å². The van der Waals surface area contributed by atoms with Gasteiger partial charge in [0.05, 0.1) is 17.3 Å². The summed E-state index contributed by atoms with van der Waals surface area (Å²) in [6, 6.07) is 6.73. The van der Waals surface area contributed by atoms with Gasteiger partial charge in [0.1, 0.15) is 18.7 Å². The lowest BCUT2D eigenvalue weighted by molar-refractivity contribution is -0.107. The average molecular weight is 332 g/mol. The molecule has 0 N–H and O–H groups in total. The Labute approximate surface area is 137 Å². The van der Waals surface area contributed by atoms with Crippen molar-refractivity contribution in [3.63, 3.8) is 0 Å². The summed E-state index contributed by atoms with van der Waals surface area (Å²) in [5.74, 6) is 0. The van der Waals surface area contributed by atoms with E-state index in [1.54, 1.807) is 4.68 Å². The fraction of sp³-hybridized carbons (Fsp3) is 0.471. The van der Waals surface area contributed by atoms with Crippen molar-refractivity contribution in [2.45, 2.75) is 45.8 Å². The van der Waals surface area contributed by atoms with Gasteiger partial charge >= 0.3 is 0 Å². The third-order valence-corrected chi connectivity index (χ3v) is 5.45. The van der Waals surface area contributed by atoms with E-state index in [0.29, 0.717) is 18.3 Å². The minimum absolute atomic E-state index is 0.0258. The highest BCUT2D eigenvalue weighted by atomic mass is 28.3. The summed E-state index contributed by atoms with van der Waals surface area (Å²) in [4.78, 5) is 23.3. The van der Waals surface area contributed by atoms with Gasteiger partial charge < -0.3 is 9.53 Å². The summed E-state index contributed by atoms with van der Waals surface area (Å²) >= 11 is 0. The molecule has 0 aliphatic carbocycles. The standard InChI is InChI=1S/C17H24N2O3Si/c1-13-6-5-7-15-16(13)17(21)14(8-9-20)18-19(15)12-22-10-11-23(2,3)4/h5-7,9H,8,10-12H2,1-4H3. The molecule has 0 fully saturated rings. The molecule has 0 atom stereocenters. The van der Waals surface area contributed by atoms with E-state index in [1.165, 1.54) is 0 Å². The van der Waals surface area contributed by atoms with Crippen molar-refractivity contribution in [3.05, 3.63) is 39.7 Å². The molecule has 0 aliphatic heterocycles. The van der Waals surface area contributed by atoms with E-state index >= 15 is 0 Å². The van der Waals surface area contributed by atoms with Crippen LogP contribution in [0.25, 0.3) is 10.9 Å². The van der Waals surface area contributed by atoms with Crippen molar-refractivity contribution in [2.75, 3.05) is 6.61 Å². The number of benzene rings is 1. The lowest BCUT2D eigenvalue weighted by Gasteiger charge is -2.17. The van der Waals surface area contributed by atoms with Crippen LogP contribution in [0.4, 0.5) is 0 Å². The van der Waals surface area contributed by atoms with Crippen LogP contribution in [-0.4, -0.2) is 30.7 Å². The van der Waals surface area contributed by atoms with Gasteiger partial charge in [0.25, 0.3) is 0 Å². The van der Waals surface area contributed by atoms with Crippen LogP contribution in [0.5, 0.6) is 0 Å². The van der Waals surface area contributed by atoms with Gasteiger partial charge in [0, 0.05) is 14.7 Å². The minimum Gasteiger partial charge on any atom is -0.360 e. The van der Waals surface area contributed by atoms with E-state index in [1.807, 2.05) is 25.1 Å². The first-order chi connectivity index (χ1) is 10.8. The maximum atomic E-state index is 12.5. The Hall–Kier alpha value is -1.79. The Kier molecular flexibility index (Phi) is 5.49. The normalized spacial score (nSPS) is 11.8. The molecule has 124 valence electrons. The number of aryl methyl sites for hydroxylation is 1. The summed E-state index contributed by atoms with van der Waals surface area (Å²) in [6.45, 7) is 9.76. The molecule has 0 spiro atoms. The maximum absolute atomic E-state index is 12.5. The molecule has 0 unspecified atom stereocenters. The van der Waals surface area contributed by atoms with E-state index in [9.17, 15) is 9.59 Å². The first-order valence-corrected chi connectivity index (χ1v) is 11.5. The maximum Gasteiger partial charge on any atom is 0.211 e. The monoisotopic (exact) mass is 332 g/mol. The third kappa shape index (κ3) is 4.36. The fourth-order valence-electron chi connectivity index (χ4n) is 2.39. The minimum atomic E-state index is -1.14. The zero-order valence-electron chi connectivity index (χ0n) is 14.3. The Morgan fingerprint density at radius 2 is 2.04 bits per heavy atom. The Morgan fingerprint density at radius 1 is 1.30 bits per heavy atom. The predicted molar refractivity (Wildman–Crippen MR) is 94.6 cm³/mol. The molecule has 1 aromatic carbocycles. The summed E-state index contributed by atoms with van der Waals surface area (Å²) in [7, 11) is -1.14. The summed E-state index contributed by atoms with van der Waals surface area (Å²) in [6.07, 6.45) is 0.738. The number of aromatic nitrogens is 2. The molecule has 23 heavy (non-hydrogen) atoms. The molecule has 1 heterocycles. The quantitative estimate of drug-likeness (QED) is 0.444.